The molecule has 0 spiro atoms. The Balaban J connectivity index is 1.75. The normalized spacial score (nSPS) is 12.0. The van der Waals surface area contributed by atoms with Crippen molar-refractivity contribution < 1.29 is 14.7 Å². The summed E-state index contributed by atoms with van der Waals surface area (Å²) < 4.78 is 1.95. The summed E-state index contributed by atoms with van der Waals surface area (Å²) in [5.41, 5.74) is 2.59. The smallest absolute Gasteiger partial charge is 0.303 e. The number of aryl methyl sites for hydroxylation is 2. The summed E-state index contributed by atoms with van der Waals surface area (Å²) >= 11 is 1.69. The van der Waals surface area contributed by atoms with Crippen molar-refractivity contribution in [1.82, 2.24) is 14.5 Å². The van der Waals surface area contributed by atoms with E-state index in [9.17, 15) is 9.59 Å². The molecule has 3 aromatic heterocycles. The molecule has 3 rings (SSSR count). The fraction of sp³-hybridized carbons (Fsp3) is 0.458. The minimum Gasteiger partial charge on any atom is -0.481 e. The number of aliphatic carboxylic acids is 1. The summed E-state index contributed by atoms with van der Waals surface area (Å²) in [7, 11) is 1.90. The molecule has 1 unspecified atom stereocenters. The van der Waals surface area contributed by atoms with Crippen molar-refractivity contribution in [3.8, 4) is 0 Å². The Morgan fingerprint density at radius 3 is 2.59 bits per heavy atom. The number of thiazole rings is 1. The van der Waals surface area contributed by atoms with Crippen LogP contribution in [-0.2, 0) is 24.7 Å². The predicted molar refractivity (Wildman–Crippen MR) is 125 cm³/mol. The number of fused-ring (bicyclic) bond motifs is 1. The molecule has 0 aliphatic carbocycles. The van der Waals surface area contributed by atoms with Crippen LogP contribution >= 0.6 is 11.3 Å². The van der Waals surface area contributed by atoms with Gasteiger partial charge < -0.3 is 9.67 Å². The first-order valence-electron chi connectivity index (χ1n) is 10.9. The average molecular weight is 453 g/mol. The molecule has 32 heavy (non-hydrogen) atoms. The highest BCUT2D eigenvalue weighted by atomic mass is 32.1. The van der Waals surface area contributed by atoms with Crippen molar-refractivity contribution in [2.75, 3.05) is 0 Å². The fourth-order valence-electron chi connectivity index (χ4n) is 4.10. The lowest BCUT2D eigenvalue weighted by molar-refractivity contribution is -0.137. The zero-order valence-corrected chi connectivity index (χ0v) is 19.3. The molecule has 3 heterocycles. The molecule has 0 fully saturated rings. The summed E-state index contributed by atoms with van der Waals surface area (Å²) in [6.45, 7) is 9.08. The van der Waals surface area contributed by atoms with Crippen LogP contribution in [0.2, 0.25) is 0 Å². The summed E-state index contributed by atoms with van der Waals surface area (Å²) in [4.78, 5) is 36.5. The number of rotatable bonds is 12. The molecule has 1 N–H and O–H groups in total. The molecule has 0 bridgehead atoms. The van der Waals surface area contributed by atoms with Crippen LogP contribution in [-0.4, -0.2) is 31.4 Å². The van der Waals surface area contributed by atoms with Crippen LogP contribution in [0.5, 0.6) is 0 Å². The molecular weight excluding hydrogens is 424 g/mol. The molecule has 0 radical (unpaired) electrons. The highest BCUT2D eigenvalue weighted by molar-refractivity contribution is 7.09. The van der Waals surface area contributed by atoms with Gasteiger partial charge in [-0.2, -0.15) is 0 Å². The maximum Gasteiger partial charge on any atom is 0.303 e. The summed E-state index contributed by atoms with van der Waals surface area (Å²) in [5, 5.41) is 12.9. The SMILES string of the molecule is [C-]#[N+]c1cnc2c(c1)c(C(=O)CC(C)CC(=O)O)c(CCCCCCc1nccs1)n2C. The molecule has 0 saturated carbocycles. The van der Waals surface area contributed by atoms with E-state index in [-0.39, 0.29) is 24.5 Å². The van der Waals surface area contributed by atoms with E-state index in [2.05, 4.69) is 14.8 Å². The van der Waals surface area contributed by atoms with E-state index in [4.69, 9.17) is 11.7 Å². The number of pyridine rings is 1. The number of aromatic nitrogens is 3. The van der Waals surface area contributed by atoms with Gasteiger partial charge >= 0.3 is 5.97 Å². The number of nitrogens with zero attached hydrogens (tertiary/aromatic N) is 4. The summed E-state index contributed by atoms with van der Waals surface area (Å²) in [6.07, 6.45) is 9.42. The number of unbranched alkanes of at least 4 members (excludes halogenated alkanes) is 3. The molecule has 0 amide bonds. The van der Waals surface area contributed by atoms with Crippen LogP contribution in [0.15, 0.2) is 23.8 Å². The van der Waals surface area contributed by atoms with Crippen LogP contribution in [0.4, 0.5) is 5.69 Å². The zero-order valence-electron chi connectivity index (χ0n) is 18.5. The van der Waals surface area contributed by atoms with Crippen LogP contribution in [0.25, 0.3) is 15.9 Å². The van der Waals surface area contributed by atoms with E-state index in [1.54, 1.807) is 24.3 Å². The monoisotopic (exact) mass is 452 g/mol. The molecule has 3 aromatic rings. The molecule has 0 saturated heterocycles. The van der Waals surface area contributed by atoms with Crippen LogP contribution in [0.1, 0.15) is 66.5 Å². The predicted octanol–water partition coefficient (Wildman–Crippen LogP) is 5.61. The summed E-state index contributed by atoms with van der Waals surface area (Å²) in [5.74, 6) is -1.24. The Morgan fingerprint density at radius 2 is 1.94 bits per heavy atom. The van der Waals surface area contributed by atoms with E-state index < -0.39 is 5.97 Å². The Labute approximate surface area is 191 Å². The number of hydrogen-bond donors (Lipinski definition) is 1. The number of carboxylic acid groups (broad SMARTS) is 1. The Hall–Kier alpha value is -3.05. The zero-order chi connectivity index (χ0) is 23.1. The van der Waals surface area contributed by atoms with Gasteiger partial charge in [-0.25, -0.2) is 14.8 Å². The first kappa shape index (κ1) is 23.6. The van der Waals surface area contributed by atoms with Crippen molar-refractivity contribution in [2.24, 2.45) is 13.0 Å². The van der Waals surface area contributed by atoms with Gasteiger partial charge in [-0.1, -0.05) is 19.8 Å². The van der Waals surface area contributed by atoms with E-state index in [1.807, 2.05) is 23.2 Å². The lowest BCUT2D eigenvalue weighted by Gasteiger charge is -2.10. The maximum absolute atomic E-state index is 13.2. The number of carboxylic acids is 1. The van der Waals surface area contributed by atoms with Gasteiger partial charge in [0.25, 0.3) is 0 Å². The highest BCUT2D eigenvalue weighted by Gasteiger charge is 2.24. The minimum absolute atomic E-state index is 0.0451. The van der Waals surface area contributed by atoms with Gasteiger partial charge in [0, 0.05) is 54.3 Å². The fourth-order valence-corrected chi connectivity index (χ4v) is 4.76. The largest absolute Gasteiger partial charge is 0.481 e. The third-order valence-electron chi connectivity index (χ3n) is 5.64. The third-order valence-corrected chi connectivity index (χ3v) is 6.47. The van der Waals surface area contributed by atoms with E-state index in [0.717, 1.165) is 44.2 Å². The van der Waals surface area contributed by atoms with E-state index >= 15 is 0 Å². The number of carbonyl (C=O) groups excluding carboxylic acids is 1. The molecule has 0 aliphatic rings. The number of Topliss-reactive ketones (excluding diaryl/α,β-unsaturated/α-hetero) is 1. The molecular formula is C24H28N4O3S. The van der Waals surface area contributed by atoms with Crippen LogP contribution in [0.3, 0.4) is 0 Å². The van der Waals surface area contributed by atoms with Crippen LogP contribution < -0.4 is 0 Å². The van der Waals surface area contributed by atoms with Crippen molar-refractivity contribution in [3.63, 3.8) is 0 Å². The second kappa shape index (κ2) is 11.0. The Bertz CT molecular complexity index is 1130. The third kappa shape index (κ3) is 5.80. The van der Waals surface area contributed by atoms with Gasteiger partial charge in [0.15, 0.2) is 5.78 Å². The van der Waals surface area contributed by atoms with E-state index in [0.29, 0.717) is 22.3 Å². The first-order chi connectivity index (χ1) is 15.4. The molecule has 8 heteroatoms. The van der Waals surface area contributed by atoms with Gasteiger partial charge in [-0.05, 0) is 37.7 Å². The molecule has 0 aromatic carbocycles. The number of hydrogen-bond acceptors (Lipinski definition) is 5. The van der Waals surface area contributed by atoms with Gasteiger partial charge in [0.1, 0.15) is 5.65 Å². The molecule has 0 aliphatic heterocycles. The van der Waals surface area contributed by atoms with Gasteiger partial charge in [-0.15, -0.1) is 11.3 Å². The second-order valence-corrected chi connectivity index (χ2v) is 9.21. The van der Waals surface area contributed by atoms with Crippen LogP contribution in [0, 0.1) is 12.5 Å². The lowest BCUT2D eigenvalue weighted by atomic mass is 9.94. The standard InChI is InChI=1S/C24H28N4O3S/c1-16(13-22(30)31)12-20(29)23-18-14-17(25-2)15-27-24(18)28(3)19(23)8-6-4-5-7-9-21-26-10-11-32-21/h10-11,14-16H,4-9,12-13H2,1,3H3,(H,30,31). The highest BCUT2D eigenvalue weighted by Crippen LogP contribution is 2.31. The molecule has 1 atom stereocenters. The Morgan fingerprint density at radius 1 is 1.19 bits per heavy atom. The molecule has 168 valence electrons. The maximum atomic E-state index is 13.2. The van der Waals surface area contributed by atoms with Crippen molar-refractivity contribution in [1.29, 1.82) is 0 Å². The van der Waals surface area contributed by atoms with Gasteiger partial charge in [-0.3, -0.25) is 9.59 Å². The quantitative estimate of drug-likeness (QED) is 0.219. The Kier molecular flexibility index (Phi) is 8.12. The number of carbonyl (C=O) groups is 2. The topological polar surface area (TPSA) is 89.4 Å². The van der Waals surface area contributed by atoms with E-state index in [1.165, 1.54) is 11.2 Å². The van der Waals surface area contributed by atoms with Gasteiger partial charge in [0.05, 0.1) is 11.6 Å². The van der Waals surface area contributed by atoms with Crippen molar-refractivity contribution >= 4 is 39.8 Å². The first-order valence-corrected chi connectivity index (χ1v) is 11.8. The summed E-state index contributed by atoms with van der Waals surface area (Å²) in [6, 6.07) is 1.72. The second-order valence-electron chi connectivity index (χ2n) is 8.23. The van der Waals surface area contributed by atoms with Crippen molar-refractivity contribution in [3.05, 3.63) is 51.5 Å². The number of ketones is 1. The average Bonchev–Trinajstić information content (AvgIpc) is 3.36. The van der Waals surface area contributed by atoms with Crippen molar-refractivity contribution in [2.45, 2.75) is 58.3 Å². The lowest BCUT2D eigenvalue weighted by Crippen LogP contribution is -2.12. The molecule has 7 nitrogen and oxygen atoms in total. The minimum atomic E-state index is -0.904. The van der Waals surface area contributed by atoms with Gasteiger partial charge in [0.2, 0.25) is 5.69 Å².